The molecule has 0 radical (unpaired) electrons. The highest BCUT2D eigenvalue weighted by Crippen LogP contribution is 2.32. The second-order valence-electron chi connectivity index (χ2n) is 4.69. The maximum atomic E-state index is 12.5. The Balaban J connectivity index is 2.04. The number of rotatable bonds is 3. The van der Waals surface area contributed by atoms with Gasteiger partial charge in [-0.15, -0.1) is 13.2 Å². The largest absolute Gasteiger partial charge is 0.573 e. The van der Waals surface area contributed by atoms with Crippen molar-refractivity contribution in [3.05, 3.63) is 58.4 Å². The van der Waals surface area contributed by atoms with Gasteiger partial charge in [-0.05, 0) is 36.4 Å². The Morgan fingerprint density at radius 1 is 1.12 bits per heavy atom. The van der Waals surface area contributed by atoms with Gasteiger partial charge < -0.3 is 4.74 Å². The number of nitrogens with zero attached hydrogens (tertiary/aromatic N) is 3. The van der Waals surface area contributed by atoms with Gasteiger partial charge in [0.05, 0.1) is 23.8 Å². The van der Waals surface area contributed by atoms with Crippen LogP contribution >= 0.6 is 27.5 Å². The van der Waals surface area contributed by atoms with Gasteiger partial charge in [0.25, 0.3) is 0 Å². The molecule has 0 unspecified atom stereocenters. The van der Waals surface area contributed by atoms with Gasteiger partial charge in [0.15, 0.2) is 0 Å². The summed E-state index contributed by atoms with van der Waals surface area (Å²) in [5.74, 6) is -0.325. The topological polar surface area (TPSA) is 39.9 Å². The Morgan fingerprint density at radius 3 is 2.58 bits per heavy atom. The molecule has 0 amide bonds. The minimum atomic E-state index is -4.77. The van der Waals surface area contributed by atoms with Crippen LogP contribution in [0.15, 0.2) is 53.3 Å². The Morgan fingerprint density at radius 2 is 1.92 bits per heavy atom. The molecule has 3 rings (SSSR count). The number of halogens is 5. The van der Waals surface area contributed by atoms with Gasteiger partial charge >= 0.3 is 6.36 Å². The van der Waals surface area contributed by atoms with Crippen LogP contribution in [0.4, 0.5) is 13.2 Å². The number of alkyl halides is 3. The highest BCUT2D eigenvalue weighted by molar-refractivity contribution is 9.10. The number of pyridine rings is 1. The van der Waals surface area contributed by atoms with Gasteiger partial charge in [-0.25, -0.2) is 9.67 Å². The molecule has 0 aliphatic heterocycles. The zero-order chi connectivity index (χ0) is 17.3. The fourth-order valence-corrected chi connectivity index (χ4v) is 2.71. The predicted octanol–water partition coefficient (Wildman–Crippen LogP) is 5.25. The van der Waals surface area contributed by atoms with Crippen molar-refractivity contribution in [3.8, 4) is 22.7 Å². The van der Waals surface area contributed by atoms with Gasteiger partial charge in [0.2, 0.25) is 0 Å². The van der Waals surface area contributed by atoms with Crippen LogP contribution in [-0.4, -0.2) is 21.1 Å². The lowest BCUT2D eigenvalue weighted by atomic mass is 10.1. The molecule has 9 heteroatoms. The summed E-state index contributed by atoms with van der Waals surface area (Å²) in [6, 6.07) is 9.17. The molecule has 0 saturated carbocycles. The van der Waals surface area contributed by atoms with E-state index in [1.807, 2.05) is 0 Å². The summed E-state index contributed by atoms with van der Waals surface area (Å²) in [5.41, 5.74) is 1.70. The second kappa shape index (κ2) is 6.45. The second-order valence-corrected chi connectivity index (χ2v) is 5.99. The molecule has 0 saturated heterocycles. The summed E-state index contributed by atoms with van der Waals surface area (Å²) in [7, 11) is 0. The van der Waals surface area contributed by atoms with E-state index in [0.29, 0.717) is 26.6 Å². The molecule has 0 aliphatic rings. The highest BCUT2D eigenvalue weighted by atomic mass is 79.9. The van der Waals surface area contributed by atoms with Crippen LogP contribution < -0.4 is 4.74 Å². The summed E-state index contributed by atoms with van der Waals surface area (Å²) in [6.07, 6.45) is -1.71. The van der Waals surface area contributed by atoms with Crippen molar-refractivity contribution in [3.63, 3.8) is 0 Å². The lowest BCUT2D eigenvalue weighted by Crippen LogP contribution is -2.17. The Kier molecular flexibility index (Phi) is 4.51. The minimum Gasteiger partial charge on any atom is -0.406 e. The van der Waals surface area contributed by atoms with Crippen molar-refractivity contribution >= 4 is 27.5 Å². The third kappa shape index (κ3) is 3.88. The molecule has 124 valence electrons. The van der Waals surface area contributed by atoms with Gasteiger partial charge in [-0.1, -0.05) is 27.5 Å². The Bertz CT molecular complexity index is 865. The molecular formula is C15H8BrClF3N3O. The van der Waals surface area contributed by atoms with E-state index >= 15 is 0 Å². The number of aromatic nitrogens is 3. The van der Waals surface area contributed by atoms with Crippen molar-refractivity contribution in [2.24, 2.45) is 0 Å². The molecule has 0 bridgehead atoms. The summed E-state index contributed by atoms with van der Waals surface area (Å²) < 4.78 is 43.3. The third-order valence-electron chi connectivity index (χ3n) is 3.00. The fraction of sp³-hybridized carbons (Fsp3) is 0.0667. The molecule has 24 heavy (non-hydrogen) atoms. The van der Waals surface area contributed by atoms with Crippen molar-refractivity contribution in [1.29, 1.82) is 0 Å². The zero-order valence-corrected chi connectivity index (χ0v) is 14.1. The van der Waals surface area contributed by atoms with Gasteiger partial charge in [-0.3, -0.25) is 0 Å². The number of ether oxygens (including phenoxy) is 1. The van der Waals surface area contributed by atoms with Gasteiger partial charge in [0, 0.05) is 10.0 Å². The average molecular weight is 419 g/mol. The minimum absolute atomic E-state index is 0.325. The van der Waals surface area contributed by atoms with Crippen LogP contribution in [-0.2, 0) is 0 Å². The number of benzene rings is 1. The van der Waals surface area contributed by atoms with E-state index in [2.05, 4.69) is 30.7 Å². The van der Waals surface area contributed by atoms with Crippen molar-refractivity contribution in [2.45, 2.75) is 6.36 Å². The van der Waals surface area contributed by atoms with Crippen LogP contribution in [0.1, 0.15) is 0 Å². The van der Waals surface area contributed by atoms with Crippen molar-refractivity contribution in [1.82, 2.24) is 14.8 Å². The number of hydrogen-bond donors (Lipinski definition) is 0. The van der Waals surface area contributed by atoms with Gasteiger partial charge in [-0.2, -0.15) is 5.10 Å². The smallest absolute Gasteiger partial charge is 0.406 e. The molecule has 0 fully saturated rings. The van der Waals surface area contributed by atoms with E-state index in [0.717, 1.165) is 0 Å². The van der Waals surface area contributed by atoms with Crippen molar-refractivity contribution < 1.29 is 17.9 Å². The zero-order valence-electron chi connectivity index (χ0n) is 11.8. The first-order valence-corrected chi connectivity index (χ1v) is 7.71. The normalized spacial score (nSPS) is 11.5. The highest BCUT2D eigenvalue weighted by Gasteiger charge is 2.31. The van der Waals surface area contributed by atoms with E-state index in [-0.39, 0.29) is 5.75 Å². The van der Waals surface area contributed by atoms with Crippen LogP contribution in [0.5, 0.6) is 5.75 Å². The molecule has 0 spiro atoms. The maximum absolute atomic E-state index is 12.5. The Labute approximate surface area is 148 Å². The summed E-state index contributed by atoms with van der Waals surface area (Å²) in [4.78, 5) is 3.98. The van der Waals surface area contributed by atoms with Crippen LogP contribution in [0.3, 0.4) is 0 Å². The van der Waals surface area contributed by atoms with E-state index in [1.165, 1.54) is 24.5 Å². The lowest BCUT2D eigenvalue weighted by Gasteiger charge is -2.12. The predicted molar refractivity (Wildman–Crippen MR) is 86.2 cm³/mol. The standard InChI is InChI=1S/C15H8BrClF3N3O/c16-10-5-9(6-12(7-10)24-15(18,19)20)13-3-4-22-23(13)11-1-2-14(17)21-8-11/h1-8H. The average Bonchev–Trinajstić information content (AvgIpc) is 2.95. The number of hydrogen-bond acceptors (Lipinski definition) is 3. The van der Waals surface area contributed by atoms with Crippen LogP contribution in [0.25, 0.3) is 16.9 Å². The van der Waals surface area contributed by atoms with Gasteiger partial charge in [0.1, 0.15) is 10.9 Å². The molecule has 4 nitrogen and oxygen atoms in total. The SMILES string of the molecule is FC(F)(F)Oc1cc(Br)cc(-c2ccnn2-c2ccc(Cl)nc2)c1. The summed E-state index contributed by atoms with van der Waals surface area (Å²) >= 11 is 8.95. The molecule has 3 aromatic rings. The van der Waals surface area contributed by atoms with Crippen LogP contribution in [0.2, 0.25) is 5.15 Å². The van der Waals surface area contributed by atoms with Crippen LogP contribution in [0, 0.1) is 0 Å². The lowest BCUT2D eigenvalue weighted by molar-refractivity contribution is -0.274. The Hall–Kier alpha value is -2.06. The first-order chi connectivity index (χ1) is 11.3. The first kappa shape index (κ1) is 16.8. The maximum Gasteiger partial charge on any atom is 0.573 e. The summed E-state index contributed by atoms with van der Waals surface area (Å²) in [5, 5.41) is 4.51. The molecule has 0 atom stereocenters. The van der Waals surface area contributed by atoms with Crippen molar-refractivity contribution in [2.75, 3.05) is 0 Å². The molecule has 2 heterocycles. The first-order valence-electron chi connectivity index (χ1n) is 6.54. The van der Waals surface area contributed by atoms with E-state index in [4.69, 9.17) is 11.6 Å². The monoisotopic (exact) mass is 417 g/mol. The van der Waals surface area contributed by atoms with E-state index in [9.17, 15) is 13.2 Å². The van der Waals surface area contributed by atoms with E-state index in [1.54, 1.807) is 28.9 Å². The molecule has 0 N–H and O–H groups in total. The fourth-order valence-electron chi connectivity index (χ4n) is 2.12. The quantitative estimate of drug-likeness (QED) is 0.546. The molecule has 0 aliphatic carbocycles. The molecule has 2 aromatic heterocycles. The third-order valence-corrected chi connectivity index (χ3v) is 3.68. The summed E-state index contributed by atoms with van der Waals surface area (Å²) in [6.45, 7) is 0. The molecule has 1 aromatic carbocycles. The van der Waals surface area contributed by atoms with E-state index < -0.39 is 6.36 Å². The molecular weight excluding hydrogens is 411 g/mol.